The fourth-order valence-electron chi connectivity index (χ4n) is 3.47. The maximum atomic E-state index is 12.9. The van der Waals surface area contributed by atoms with E-state index in [1.54, 1.807) is 81.8 Å². The molecule has 0 amide bonds. The van der Waals surface area contributed by atoms with Crippen LogP contribution in [0, 0.1) is 6.92 Å². The van der Waals surface area contributed by atoms with Gasteiger partial charge in [-0.2, -0.15) is 0 Å². The number of hydrogen-bond acceptors (Lipinski definition) is 6. The number of allylic oxidation sites excluding steroid dienone is 1. The van der Waals surface area contributed by atoms with Gasteiger partial charge >= 0.3 is 0 Å². The van der Waals surface area contributed by atoms with Crippen LogP contribution in [0.4, 0.5) is 0 Å². The first-order chi connectivity index (χ1) is 15.5. The molecule has 1 aliphatic rings. The van der Waals surface area contributed by atoms with Gasteiger partial charge in [0.05, 0.1) is 19.8 Å². The molecule has 0 N–H and O–H groups in total. The first-order valence-electron chi connectivity index (χ1n) is 10.0. The monoisotopic (exact) mass is 430 g/mol. The van der Waals surface area contributed by atoms with Gasteiger partial charge in [-0.1, -0.05) is 30.3 Å². The second-order valence-electron chi connectivity index (χ2n) is 7.19. The predicted molar refractivity (Wildman–Crippen MR) is 120 cm³/mol. The zero-order valence-corrected chi connectivity index (χ0v) is 18.0. The Bertz CT molecular complexity index is 1210. The Morgan fingerprint density at radius 2 is 1.72 bits per heavy atom. The van der Waals surface area contributed by atoms with Gasteiger partial charge < -0.3 is 18.9 Å². The fourth-order valence-corrected chi connectivity index (χ4v) is 3.47. The number of hydrogen-bond donors (Lipinski definition) is 0. The van der Waals surface area contributed by atoms with Crippen LogP contribution >= 0.6 is 0 Å². The predicted octanol–water partition coefficient (Wildman–Crippen LogP) is 4.89. The summed E-state index contributed by atoms with van der Waals surface area (Å²) in [5, 5.41) is 0. The first kappa shape index (κ1) is 21.2. The van der Waals surface area contributed by atoms with Gasteiger partial charge in [-0.15, -0.1) is 0 Å². The van der Waals surface area contributed by atoms with Crippen molar-refractivity contribution in [3.05, 3.63) is 88.7 Å². The van der Waals surface area contributed by atoms with Crippen LogP contribution in [-0.2, 0) is 0 Å². The van der Waals surface area contributed by atoms with Crippen LogP contribution in [0.1, 0.15) is 31.8 Å². The smallest absolute Gasteiger partial charge is 0.231 e. The molecule has 1 heterocycles. The van der Waals surface area contributed by atoms with E-state index in [2.05, 4.69) is 0 Å². The second kappa shape index (κ2) is 8.98. The van der Waals surface area contributed by atoms with Gasteiger partial charge in [0.2, 0.25) is 5.78 Å². The van der Waals surface area contributed by atoms with Gasteiger partial charge in [-0.05, 0) is 43.3 Å². The Morgan fingerprint density at radius 3 is 2.44 bits per heavy atom. The summed E-state index contributed by atoms with van der Waals surface area (Å²) >= 11 is 0. The molecule has 0 radical (unpaired) electrons. The zero-order valence-electron chi connectivity index (χ0n) is 18.0. The average molecular weight is 430 g/mol. The maximum Gasteiger partial charge on any atom is 0.231 e. The van der Waals surface area contributed by atoms with Crippen molar-refractivity contribution in [2.24, 2.45) is 0 Å². The number of carbonyl (C=O) groups excluding carboxylic acids is 2. The van der Waals surface area contributed by atoms with Crippen LogP contribution in [0.3, 0.4) is 0 Å². The lowest BCUT2D eigenvalue weighted by atomic mass is 10.1. The molecule has 32 heavy (non-hydrogen) atoms. The summed E-state index contributed by atoms with van der Waals surface area (Å²) in [6.07, 6.45) is 1.63. The van der Waals surface area contributed by atoms with Crippen LogP contribution in [0.5, 0.6) is 23.0 Å². The summed E-state index contributed by atoms with van der Waals surface area (Å²) in [6, 6.07) is 17.6. The van der Waals surface area contributed by atoms with Crippen LogP contribution in [0.25, 0.3) is 6.08 Å². The molecule has 6 nitrogen and oxygen atoms in total. The lowest BCUT2D eigenvalue weighted by Crippen LogP contribution is -2.12. The van der Waals surface area contributed by atoms with E-state index in [0.29, 0.717) is 45.3 Å². The van der Waals surface area contributed by atoms with Gasteiger partial charge in [0.25, 0.3) is 0 Å². The molecule has 6 heteroatoms. The van der Waals surface area contributed by atoms with Crippen LogP contribution < -0.4 is 18.9 Å². The molecule has 0 bridgehead atoms. The fraction of sp³-hybridized carbons (Fsp3) is 0.154. The number of fused-ring (bicyclic) bond motifs is 1. The maximum absolute atomic E-state index is 12.9. The summed E-state index contributed by atoms with van der Waals surface area (Å²) in [4.78, 5) is 25.3. The Morgan fingerprint density at radius 1 is 0.969 bits per heavy atom. The minimum absolute atomic E-state index is 0.110. The van der Waals surface area contributed by atoms with Crippen molar-refractivity contribution < 1.29 is 28.5 Å². The van der Waals surface area contributed by atoms with E-state index >= 15 is 0 Å². The quantitative estimate of drug-likeness (QED) is 0.393. The van der Waals surface area contributed by atoms with Crippen molar-refractivity contribution >= 4 is 17.6 Å². The number of ether oxygens (including phenoxy) is 4. The van der Waals surface area contributed by atoms with Gasteiger partial charge in [0.15, 0.2) is 18.1 Å². The van der Waals surface area contributed by atoms with Gasteiger partial charge in [-0.25, -0.2) is 0 Å². The van der Waals surface area contributed by atoms with Crippen molar-refractivity contribution in [3.63, 3.8) is 0 Å². The highest BCUT2D eigenvalue weighted by molar-refractivity contribution is 6.15. The number of rotatable bonds is 7. The lowest BCUT2D eigenvalue weighted by Gasteiger charge is -2.11. The Hall–Kier alpha value is -4.06. The minimum Gasteiger partial charge on any atom is -0.497 e. The Balaban J connectivity index is 1.57. The summed E-state index contributed by atoms with van der Waals surface area (Å²) in [6.45, 7) is 1.69. The van der Waals surface area contributed by atoms with Crippen molar-refractivity contribution in [1.29, 1.82) is 0 Å². The van der Waals surface area contributed by atoms with Crippen molar-refractivity contribution in [2.45, 2.75) is 6.92 Å². The number of Topliss-reactive ketones (excluding diaryl/α,β-unsaturated/α-hetero) is 2. The molecule has 0 unspecified atom stereocenters. The largest absolute Gasteiger partial charge is 0.497 e. The van der Waals surface area contributed by atoms with E-state index in [-0.39, 0.29) is 23.9 Å². The van der Waals surface area contributed by atoms with E-state index in [1.165, 1.54) is 0 Å². The normalized spacial score (nSPS) is 13.5. The summed E-state index contributed by atoms with van der Waals surface area (Å²) in [5.41, 5.74) is 2.33. The third-order valence-corrected chi connectivity index (χ3v) is 5.21. The third-order valence-electron chi connectivity index (χ3n) is 5.21. The molecule has 1 aliphatic heterocycles. The standard InChI is InChI=1S/C26H22O6/c1-16-22(31-15-21(27)17-7-5-4-6-8-17)12-10-20-25(28)24(32-26(16)20)14-18-13-19(29-2)9-11-23(18)30-3/h4-14H,15H2,1-3H3/b24-14-. The highest BCUT2D eigenvalue weighted by Crippen LogP contribution is 2.40. The molecule has 4 rings (SSSR count). The molecular formula is C26H22O6. The third kappa shape index (κ3) is 4.07. The molecule has 3 aromatic rings. The molecule has 0 saturated carbocycles. The Kier molecular flexibility index (Phi) is 5.94. The Labute approximate surface area is 186 Å². The van der Waals surface area contributed by atoms with Crippen LogP contribution in [0.15, 0.2) is 66.4 Å². The van der Waals surface area contributed by atoms with E-state index < -0.39 is 0 Å². The van der Waals surface area contributed by atoms with Crippen LogP contribution in [0.2, 0.25) is 0 Å². The van der Waals surface area contributed by atoms with Crippen LogP contribution in [-0.4, -0.2) is 32.4 Å². The number of carbonyl (C=O) groups is 2. The summed E-state index contributed by atoms with van der Waals surface area (Å²) in [7, 11) is 3.12. The highest BCUT2D eigenvalue weighted by Gasteiger charge is 2.30. The van der Waals surface area contributed by atoms with Gasteiger partial charge in [-0.3, -0.25) is 9.59 Å². The molecule has 3 aromatic carbocycles. The molecule has 0 fully saturated rings. The van der Waals surface area contributed by atoms with E-state index in [1.807, 2.05) is 6.07 Å². The van der Waals surface area contributed by atoms with Crippen molar-refractivity contribution in [3.8, 4) is 23.0 Å². The molecular weight excluding hydrogens is 408 g/mol. The highest BCUT2D eigenvalue weighted by atomic mass is 16.5. The second-order valence-corrected chi connectivity index (χ2v) is 7.19. The molecule has 0 saturated heterocycles. The van der Waals surface area contributed by atoms with Gasteiger partial charge in [0.1, 0.15) is 23.0 Å². The molecule has 0 spiro atoms. The van der Waals surface area contributed by atoms with E-state index in [4.69, 9.17) is 18.9 Å². The molecule has 162 valence electrons. The summed E-state index contributed by atoms with van der Waals surface area (Å²) < 4.78 is 22.3. The summed E-state index contributed by atoms with van der Waals surface area (Å²) in [5.74, 6) is 1.94. The number of benzene rings is 3. The molecule has 0 aromatic heterocycles. The van der Waals surface area contributed by atoms with Crippen molar-refractivity contribution in [1.82, 2.24) is 0 Å². The SMILES string of the molecule is COc1ccc(OC)c(/C=C2\Oc3c(ccc(OCC(=O)c4ccccc4)c3C)C2=O)c1. The number of ketones is 2. The molecule has 0 atom stereocenters. The first-order valence-corrected chi connectivity index (χ1v) is 10.0. The van der Waals surface area contributed by atoms with Gasteiger partial charge in [0, 0.05) is 16.7 Å². The van der Waals surface area contributed by atoms with Crippen molar-refractivity contribution in [2.75, 3.05) is 20.8 Å². The van der Waals surface area contributed by atoms with E-state index in [9.17, 15) is 9.59 Å². The zero-order chi connectivity index (χ0) is 22.7. The lowest BCUT2D eigenvalue weighted by molar-refractivity contribution is 0.0920. The topological polar surface area (TPSA) is 71.1 Å². The average Bonchev–Trinajstić information content (AvgIpc) is 3.15. The number of methoxy groups -OCH3 is 2. The minimum atomic E-state index is -0.236. The van der Waals surface area contributed by atoms with E-state index in [0.717, 1.165) is 0 Å². The molecule has 0 aliphatic carbocycles.